The van der Waals surface area contributed by atoms with E-state index in [0.717, 1.165) is 44.0 Å². The van der Waals surface area contributed by atoms with Crippen LogP contribution < -0.4 is 5.32 Å². The summed E-state index contributed by atoms with van der Waals surface area (Å²) in [5, 5.41) is 12.3. The summed E-state index contributed by atoms with van der Waals surface area (Å²) < 4.78 is 5.12. The van der Waals surface area contributed by atoms with E-state index in [2.05, 4.69) is 16.3 Å². The van der Waals surface area contributed by atoms with Crippen LogP contribution in [0.15, 0.2) is 29.3 Å². The van der Waals surface area contributed by atoms with Crippen LogP contribution in [0.3, 0.4) is 0 Å². The van der Waals surface area contributed by atoms with Crippen LogP contribution in [0.25, 0.3) is 0 Å². The van der Waals surface area contributed by atoms with Crippen LogP contribution >= 0.6 is 24.0 Å². The third-order valence-electron chi connectivity index (χ3n) is 4.22. The topological polar surface area (TPSA) is 77.7 Å². The third kappa shape index (κ3) is 6.48. The minimum Gasteiger partial charge on any atom is -0.466 e. The van der Waals surface area contributed by atoms with E-state index < -0.39 is 0 Å². The Kier molecular flexibility index (Phi) is 10.0. The smallest absolute Gasteiger partial charge is 0.309 e. The normalized spacial score (nSPS) is 15.0. The molecule has 0 aliphatic carbocycles. The number of piperidine rings is 1. The molecule has 142 valence electrons. The summed E-state index contributed by atoms with van der Waals surface area (Å²) in [4.78, 5) is 18.7. The van der Waals surface area contributed by atoms with Crippen LogP contribution in [0.4, 0.5) is 0 Å². The Bertz CT molecular complexity index is 649. The third-order valence-corrected chi connectivity index (χ3v) is 4.22. The molecule has 0 amide bonds. The summed E-state index contributed by atoms with van der Waals surface area (Å²) in [6.07, 6.45) is 1.57. The van der Waals surface area contributed by atoms with Gasteiger partial charge in [-0.25, -0.2) is 4.99 Å². The Balaban J connectivity index is 0.00000338. The molecule has 26 heavy (non-hydrogen) atoms. The van der Waals surface area contributed by atoms with E-state index in [1.165, 1.54) is 0 Å². The lowest BCUT2D eigenvalue weighted by molar-refractivity contribution is -0.149. The number of guanidine groups is 1. The van der Waals surface area contributed by atoms with Crippen molar-refractivity contribution in [2.75, 3.05) is 26.2 Å². The second-order valence-electron chi connectivity index (χ2n) is 6.00. The maximum Gasteiger partial charge on any atom is 0.309 e. The van der Waals surface area contributed by atoms with Crippen molar-refractivity contribution in [2.24, 2.45) is 10.9 Å². The molecule has 0 aromatic heterocycles. The maximum absolute atomic E-state index is 11.9. The van der Waals surface area contributed by atoms with Crippen molar-refractivity contribution in [3.8, 4) is 6.07 Å². The first-order valence-electron chi connectivity index (χ1n) is 8.86. The zero-order valence-corrected chi connectivity index (χ0v) is 17.7. The van der Waals surface area contributed by atoms with E-state index in [9.17, 15) is 4.79 Å². The lowest BCUT2D eigenvalue weighted by atomic mass is 9.97. The highest BCUT2D eigenvalue weighted by atomic mass is 127. The fraction of sp³-hybridized carbons (Fsp3) is 0.526. The molecule has 1 N–H and O–H groups in total. The predicted molar refractivity (Wildman–Crippen MR) is 112 cm³/mol. The number of aliphatic imine (C=N–C) groups is 1. The monoisotopic (exact) mass is 470 g/mol. The molecule has 7 heteroatoms. The number of benzene rings is 1. The van der Waals surface area contributed by atoms with Gasteiger partial charge in [0.15, 0.2) is 5.96 Å². The molecule has 0 saturated carbocycles. The molecule has 1 fully saturated rings. The Hall–Kier alpha value is -1.82. The van der Waals surface area contributed by atoms with Gasteiger partial charge in [-0.2, -0.15) is 5.26 Å². The molecule has 1 saturated heterocycles. The first-order valence-corrected chi connectivity index (χ1v) is 8.86. The van der Waals surface area contributed by atoms with Crippen LogP contribution in [0.1, 0.15) is 37.8 Å². The number of likely N-dealkylation sites (tertiary alicyclic amines) is 1. The highest BCUT2D eigenvalue weighted by molar-refractivity contribution is 14.0. The second kappa shape index (κ2) is 11.7. The number of halogens is 1. The van der Waals surface area contributed by atoms with Gasteiger partial charge in [-0.05, 0) is 44.4 Å². The van der Waals surface area contributed by atoms with Crippen LogP contribution in [0.2, 0.25) is 0 Å². The molecule has 0 bridgehead atoms. The summed E-state index contributed by atoms with van der Waals surface area (Å²) >= 11 is 0. The van der Waals surface area contributed by atoms with Gasteiger partial charge in [0.05, 0.1) is 30.7 Å². The molecule has 1 aromatic rings. The minimum absolute atomic E-state index is 0. The zero-order chi connectivity index (χ0) is 18.1. The molecule has 1 aliphatic heterocycles. The minimum atomic E-state index is -0.0857. The number of esters is 1. The Morgan fingerprint density at radius 2 is 2.12 bits per heavy atom. The van der Waals surface area contributed by atoms with Crippen molar-refractivity contribution in [3.05, 3.63) is 35.4 Å². The molecule has 0 spiro atoms. The van der Waals surface area contributed by atoms with Gasteiger partial charge >= 0.3 is 5.97 Å². The highest BCUT2D eigenvalue weighted by Crippen LogP contribution is 2.19. The fourth-order valence-corrected chi connectivity index (χ4v) is 2.92. The van der Waals surface area contributed by atoms with E-state index >= 15 is 0 Å². The summed E-state index contributed by atoms with van der Waals surface area (Å²) in [5.74, 6) is 0.760. The van der Waals surface area contributed by atoms with E-state index in [4.69, 9.17) is 15.0 Å². The number of nitrogens with one attached hydrogen (secondary N) is 1. The van der Waals surface area contributed by atoms with Gasteiger partial charge in [-0.15, -0.1) is 24.0 Å². The molecule has 1 aliphatic rings. The van der Waals surface area contributed by atoms with Crippen LogP contribution in [0.5, 0.6) is 0 Å². The SMILES string of the molecule is CCNC(=NCc1cccc(C#N)c1)N1CCC(C(=O)OCC)CC1.I. The van der Waals surface area contributed by atoms with Gasteiger partial charge in [-0.1, -0.05) is 12.1 Å². The molecule has 0 unspecified atom stereocenters. The van der Waals surface area contributed by atoms with E-state index in [-0.39, 0.29) is 35.9 Å². The number of nitrogens with zero attached hydrogens (tertiary/aromatic N) is 3. The van der Waals surface area contributed by atoms with E-state index in [1.54, 1.807) is 6.07 Å². The molecule has 6 nitrogen and oxygen atoms in total. The fourth-order valence-electron chi connectivity index (χ4n) is 2.92. The summed E-state index contributed by atoms with van der Waals surface area (Å²) in [7, 11) is 0. The molecule has 2 rings (SSSR count). The van der Waals surface area contributed by atoms with Crippen LogP contribution in [0, 0.1) is 17.2 Å². The molecule has 0 atom stereocenters. The van der Waals surface area contributed by atoms with Gasteiger partial charge < -0.3 is 15.0 Å². The number of hydrogen-bond acceptors (Lipinski definition) is 4. The van der Waals surface area contributed by atoms with Gasteiger partial charge in [0.2, 0.25) is 0 Å². The number of rotatable bonds is 5. The van der Waals surface area contributed by atoms with Crippen molar-refractivity contribution >= 4 is 35.9 Å². The zero-order valence-electron chi connectivity index (χ0n) is 15.4. The molecule has 1 aromatic carbocycles. The predicted octanol–water partition coefficient (Wildman–Crippen LogP) is 2.92. The summed E-state index contributed by atoms with van der Waals surface area (Å²) in [6, 6.07) is 9.65. The maximum atomic E-state index is 11.9. The van der Waals surface area contributed by atoms with Gasteiger partial charge in [0.1, 0.15) is 0 Å². The lowest BCUT2D eigenvalue weighted by Gasteiger charge is -2.33. The summed E-state index contributed by atoms with van der Waals surface area (Å²) in [5.41, 5.74) is 1.66. The van der Waals surface area contributed by atoms with Gasteiger partial charge in [0, 0.05) is 19.6 Å². The second-order valence-corrected chi connectivity index (χ2v) is 6.00. The first kappa shape index (κ1) is 22.2. The highest BCUT2D eigenvalue weighted by Gasteiger charge is 2.27. The van der Waals surface area contributed by atoms with Crippen molar-refractivity contribution in [1.82, 2.24) is 10.2 Å². The number of hydrogen-bond donors (Lipinski definition) is 1. The van der Waals surface area contributed by atoms with E-state index in [0.29, 0.717) is 18.7 Å². The van der Waals surface area contributed by atoms with Crippen molar-refractivity contribution in [1.29, 1.82) is 5.26 Å². The molecular formula is C19H27IN4O2. The largest absolute Gasteiger partial charge is 0.466 e. The average Bonchev–Trinajstić information content (AvgIpc) is 2.65. The summed E-state index contributed by atoms with van der Waals surface area (Å²) in [6.45, 7) is 7.19. The van der Waals surface area contributed by atoms with Crippen molar-refractivity contribution in [2.45, 2.75) is 33.2 Å². The Morgan fingerprint density at radius 3 is 2.73 bits per heavy atom. The first-order chi connectivity index (χ1) is 12.2. The van der Waals surface area contributed by atoms with Crippen LogP contribution in [-0.2, 0) is 16.1 Å². The van der Waals surface area contributed by atoms with E-state index in [1.807, 2.05) is 32.0 Å². The number of carbonyl (C=O) groups is 1. The van der Waals surface area contributed by atoms with Gasteiger partial charge in [0.25, 0.3) is 0 Å². The average molecular weight is 470 g/mol. The quantitative estimate of drug-likeness (QED) is 0.310. The lowest BCUT2D eigenvalue weighted by Crippen LogP contribution is -2.46. The van der Waals surface area contributed by atoms with Crippen molar-refractivity contribution < 1.29 is 9.53 Å². The number of ether oxygens (including phenoxy) is 1. The molecule has 0 radical (unpaired) electrons. The van der Waals surface area contributed by atoms with Gasteiger partial charge in [-0.3, -0.25) is 4.79 Å². The molecule has 1 heterocycles. The van der Waals surface area contributed by atoms with Crippen LogP contribution in [-0.4, -0.2) is 43.1 Å². The number of carbonyl (C=O) groups excluding carboxylic acids is 1. The Morgan fingerprint density at radius 1 is 1.38 bits per heavy atom. The number of nitriles is 1. The standard InChI is InChI=1S/C19H26N4O2.HI/c1-3-21-19(22-14-16-7-5-6-15(12-16)13-20)23-10-8-17(9-11-23)18(24)25-4-2;/h5-7,12,17H,3-4,8-11,14H2,1-2H3,(H,21,22);1H. The van der Waals surface area contributed by atoms with Crippen molar-refractivity contribution in [3.63, 3.8) is 0 Å². The molecular weight excluding hydrogens is 443 g/mol. The Labute approximate surface area is 172 Å².